The Labute approximate surface area is 81.0 Å². The standard InChI is InChI=1S/C9H13IO/c10-9-4-8(5-9,6-9)1-7-2-11-3-7/h7H,1-6H2. The lowest BCUT2D eigenvalue weighted by Crippen LogP contribution is -2.64. The molecule has 0 aromatic heterocycles. The Bertz CT molecular complexity index is 178. The molecule has 62 valence electrons. The van der Waals surface area contributed by atoms with Crippen LogP contribution in [0.15, 0.2) is 0 Å². The Morgan fingerprint density at radius 1 is 1.27 bits per heavy atom. The molecule has 0 radical (unpaired) electrons. The third kappa shape index (κ3) is 0.916. The number of ether oxygens (including phenoxy) is 1. The quantitative estimate of drug-likeness (QED) is 0.549. The molecule has 1 saturated heterocycles. The van der Waals surface area contributed by atoms with Crippen LogP contribution in [0.1, 0.15) is 25.7 Å². The summed E-state index contributed by atoms with van der Waals surface area (Å²) in [5.41, 5.74) is 0.815. The summed E-state index contributed by atoms with van der Waals surface area (Å²) in [6, 6.07) is 0. The van der Waals surface area contributed by atoms with Gasteiger partial charge in [0.15, 0.2) is 0 Å². The molecule has 4 rings (SSSR count). The molecule has 2 bridgehead atoms. The van der Waals surface area contributed by atoms with Crippen molar-refractivity contribution < 1.29 is 4.74 Å². The lowest BCUT2D eigenvalue weighted by atomic mass is 9.42. The second kappa shape index (κ2) is 1.95. The van der Waals surface area contributed by atoms with Crippen LogP contribution in [0.25, 0.3) is 0 Å². The van der Waals surface area contributed by atoms with Crippen LogP contribution in [0.5, 0.6) is 0 Å². The summed E-state index contributed by atoms with van der Waals surface area (Å²) < 4.78 is 5.96. The first-order chi connectivity index (χ1) is 5.20. The zero-order valence-electron chi connectivity index (χ0n) is 6.61. The first kappa shape index (κ1) is 7.13. The minimum atomic E-state index is 0.766. The summed E-state index contributed by atoms with van der Waals surface area (Å²) in [7, 11) is 0. The summed E-state index contributed by atoms with van der Waals surface area (Å²) in [6.07, 6.45) is 6.00. The highest BCUT2D eigenvalue weighted by Gasteiger charge is 2.66. The van der Waals surface area contributed by atoms with Crippen LogP contribution in [0.4, 0.5) is 0 Å². The van der Waals surface area contributed by atoms with Crippen molar-refractivity contribution in [3.05, 3.63) is 0 Å². The second-order valence-corrected chi connectivity index (χ2v) is 7.08. The molecular formula is C9H13IO. The molecule has 0 N–H and O–H groups in total. The predicted octanol–water partition coefficient (Wildman–Crippen LogP) is 2.38. The number of hydrogen-bond donors (Lipinski definition) is 0. The van der Waals surface area contributed by atoms with Gasteiger partial charge in [-0.3, -0.25) is 0 Å². The molecule has 1 aliphatic heterocycles. The number of alkyl halides is 1. The largest absolute Gasteiger partial charge is 0.381 e. The molecule has 0 aromatic carbocycles. The average Bonchev–Trinajstić information content (AvgIpc) is 1.70. The second-order valence-electron chi connectivity index (χ2n) is 4.79. The molecule has 4 aliphatic rings. The summed E-state index contributed by atoms with van der Waals surface area (Å²) >= 11 is 2.65. The van der Waals surface area contributed by atoms with E-state index < -0.39 is 0 Å². The predicted molar refractivity (Wildman–Crippen MR) is 52.0 cm³/mol. The van der Waals surface area contributed by atoms with Crippen LogP contribution in [0, 0.1) is 11.3 Å². The summed E-state index contributed by atoms with van der Waals surface area (Å²) in [5.74, 6) is 0.927. The maximum Gasteiger partial charge on any atom is 0.0516 e. The minimum Gasteiger partial charge on any atom is -0.381 e. The van der Waals surface area contributed by atoms with E-state index in [1.54, 1.807) is 0 Å². The number of rotatable bonds is 2. The van der Waals surface area contributed by atoms with Gasteiger partial charge in [0, 0.05) is 9.34 Å². The summed E-state index contributed by atoms with van der Waals surface area (Å²) in [6.45, 7) is 2.10. The SMILES string of the molecule is IC12CC(CC3COC3)(C1)C2. The molecule has 3 aliphatic carbocycles. The van der Waals surface area contributed by atoms with E-state index in [2.05, 4.69) is 22.6 Å². The Hall–Kier alpha value is 0.690. The fourth-order valence-electron chi connectivity index (χ4n) is 3.09. The molecule has 4 fully saturated rings. The smallest absolute Gasteiger partial charge is 0.0516 e. The maximum atomic E-state index is 5.19. The van der Waals surface area contributed by atoms with Crippen LogP contribution in [-0.4, -0.2) is 16.6 Å². The van der Waals surface area contributed by atoms with E-state index in [4.69, 9.17) is 4.74 Å². The van der Waals surface area contributed by atoms with Crippen molar-refractivity contribution in [1.29, 1.82) is 0 Å². The van der Waals surface area contributed by atoms with Gasteiger partial charge in [-0.15, -0.1) is 0 Å². The van der Waals surface area contributed by atoms with Gasteiger partial charge in [-0.25, -0.2) is 0 Å². The van der Waals surface area contributed by atoms with Gasteiger partial charge in [-0.2, -0.15) is 0 Å². The van der Waals surface area contributed by atoms with Gasteiger partial charge in [0.25, 0.3) is 0 Å². The Morgan fingerprint density at radius 3 is 2.27 bits per heavy atom. The molecule has 11 heavy (non-hydrogen) atoms. The molecule has 0 aromatic rings. The lowest BCUT2D eigenvalue weighted by Gasteiger charge is -2.69. The van der Waals surface area contributed by atoms with Crippen molar-refractivity contribution in [3.63, 3.8) is 0 Å². The highest BCUT2D eigenvalue weighted by Crippen LogP contribution is 2.74. The van der Waals surface area contributed by atoms with E-state index in [0.717, 1.165) is 28.0 Å². The van der Waals surface area contributed by atoms with Crippen LogP contribution < -0.4 is 0 Å². The molecule has 0 unspecified atom stereocenters. The van der Waals surface area contributed by atoms with Crippen molar-refractivity contribution in [3.8, 4) is 0 Å². The molecule has 2 heteroatoms. The molecule has 0 amide bonds. The van der Waals surface area contributed by atoms with Crippen molar-refractivity contribution in [2.45, 2.75) is 29.1 Å². The van der Waals surface area contributed by atoms with Crippen LogP contribution in [0.3, 0.4) is 0 Å². The van der Waals surface area contributed by atoms with Crippen molar-refractivity contribution in [2.75, 3.05) is 13.2 Å². The fourth-order valence-corrected chi connectivity index (χ4v) is 5.52. The summed E-state index contributed by atoms with van der Waals surface area (Å²) in [4.78, 5) is 0. The third-order valence-corrected chi connectivity index (χ3v) is 4.65. The summed E-state index contributed by atoms with van der Waals surface area (Å²) in [5, 5.41) is 0. The van der Waals surface area contributed by atoms with E-state index in [9.17, 15) is 0 Å². The van der Waals surface area contributed by atoms with Gasteiger partial charge in [-0.1, -0.05) is 22.6 Å². The third-order valence-electron chi connectivity index (χ3n) is 3.50. The number of hydrogen-bond acceptors (Lipinski definition) is 1. The fraction of sp³-hybridized carbons (Fsp3) is 1.00. The van der Waals surface area contributed by atoms with Crippen LogP contribution >= 0.6 is 22.6 Å². The van der Waals surface area contributed by atoms with Gasteiger partial charge in [0.05, 0.1) is 13.2 Å². The average molecular weight is 264 g/mol. The van der Waals surface area contributed by atoms with Crippen molar-refractivity contribution >= 4 is 22.6 Å². The van der Waals surface area contributed by atoms with Crippen LogP contribution in [0.2, 0.25) is 0 Å². The van der Waals surface area contributed by atoms with Gasteiger partial charge < -0.3 is 4.74 Å². The molecule has 1 heterocycles. The van der Waals surface area contributed by atoms with E-state index >= 15 is 0 Å². The van der Waals surface area contributed by atoms with Gasteiger partial charge in [0.1, 0.15) is 0 Å². The van der Waals surface area contributed by atoms with Crippen LogP contribution in [-0.2, 0) is 4.74 Å². The van der Waals surface area contributed by atoms with Gasteiger partial charge in [-0.05, 0) is 31.1 Å². The number of halogens is 1. The lowest BCUT2D eigenvalue weighted by molar-refractivity contribution is -0.128. The first-order valence-electron chi connectivity index (χ1n) is 4.47. The topological polar surface area (TPSA) is 9.23 Å². The molecule has 0 spiro atoms. The molecule has 0 atom stereocenters. The van der Waals surface area contributed by atoms with E-state index in [1.807, 2.05) is 0 Å². The minimum absolute atomic E-state index is 0.766. The Morgan fingerprint density at radius 2 is 1.91 bits per heavy atom. The zero-order chi connectivity index (χ0) is 7.53. The normalized spacial score (nSPS) is 54.3. The van der Waals surface area contributed by atoms with E-state index in [1.165, 1.54) is 25.7 Å². The van der Waals surface area contributed by atoms with Gasteiger partial charge >= 0.3 is 0 Å². The van der Waals surface area contributed by atoms with Crippen molar-refractivity contribution in [1.82, 2.24) is 0 Å². The van der Waals surface area contributed by atoms with Crippen molar-refractivity contribution in [2.24, 2.45) is 11.3 Å². The van der Waals surface area contributed by atoms with E-state index in [-0.39, 0.29) is 0 Å². The highest BCUT2D eigenvalue weighted by atomic mass is 127. The Kier molecular flexibility index (Phi) is 1.26. The maximum absolute atomic E-state index is 5.19. The zero-order valence-corrected chi connectivity index (χ0v) is 8.76. The van der Waals surface area contributed by atoms with E-state index in [0.29, 0.717) is 0 Å². The molecule has 1 nitrogen and oxygen atoms in total. The monoisotopic (exact) mass is 264 g/mol. The molecular weight excluding hydrogens is 251 g/mol. The highest BCUT2D eigenvalue weighted by molar-refractivity contribution is 14.1. The Balaban J connectivity index is 1.57. The van der Waals surface area contributed by atoms with Gasteiger partial charge in [0.2, 0.25) is 0 Å². The first-order valence-corrected chi connectivity index (χ1v) is 5.54. The molecule has 3 saturated carbocycles.